The zero-order valence-electron chi connectivity index (χ0n) is 8.66. The van der Waals surface area contributed by atoms with Gasteiger partial charge in [0.2, 0.25) is 0 Å². The average Bonchev–Trinajstić information content (AvgIpc) is 2.22. The first-order valence-electron chi connectivity index (χ1n) is 4.71. The zero-order valence-corrected chi connectivity index (χ0v) is 8.66. The first kappa shape index (κ1) is 10.4. The molecule has 0 saturated carbocycles. The lowest BCUT2D eigenvalue weighted by Gasteiger charge is -1.95. The van der Waals surface area contributed by atoms with Crippen LogP contribution in [-0.4, -0.2) is 10.2 Å². The summed E-state index contributed by atoms with van der Waals surface area (Å²) in [7, 11) is 0. The van der Waals surface area contributed by atoms with Crippen molar-refractivity contribution in [2.24, 2.45) is 0 Å². The normalized spacial score (nSPS) is 9.36. The number of aromatic amines is 1. The maximum Gasteiger partial charge on any atom is 0.272 e. The van der Waals surface area contributed by atoms with Crippen LogP contribution in [0.3, 0.4) is 0 Å². The summed E-state index contributed by atoms with van der Waals surface area (Å²) in [5.41, 5.74) is 0.954. The van der Waals surface area contributed by atoms with Gasteiger partial charge >= 0.3 is 0 Å². The van der Waals surface area contributed by atoms with E-state index in [-0.39, 0.29) is 5.56 Å². The highest BCUT2D eigenvalue weighted by molar-refractivity contribution is 5.80. The molecule has 0 saturated heterocycles. The lowest BCUT2D eigenvalue weighted by Crippen LogP contribution is -2.07. The lowest BCUT2D eigenvalue weighted by atomic mass is 10.1. The van der Waals surface area contributed by atoms with Crippen LogP contribution in [0.15, 0.2) is 29.2 Å². The topological polar surface area (TPSA) is 45.8 Å². The van der Waals surface area contributed by atoms with E-state index in [2.05, 4.69) is 10.2 Å². The third-order valence-corrected chi connectivity index (χ3v) is 1.82. The molecule has 2 rings (SSSR count). The van der Waals surface area contributed by atoms with Crippen molar-refractivity contribution in [3.63, 3.8) is 0 Å². The molecule has 3 nitrogen and oxygen atoms in total. The van der Waals surface area contributed by atoms with Crippen LogP contribution < -0.4 is 5.56 Å². The number of aromatic nitrogens is 2. The Morgan fingerprint density at radius 3 is 2.71 bits per heavy atom. The third kappa shape index (κ3) is 1.99. The Bertz CT molecular complexity index is 474. The first-order valence-corrected chi connectivity index (χ1v) is 4.71. The molecule has 0 bridgehead atoms. The highest BCUT2D eigenvalue weighted by Gasteiger charge is 1.96. The standard InChI is InChI=1S/C9H8N2O.C2H6/c1-6-2-3-7-5-10-11-9(12)8(7)4-6;1-2/h2-5H,1H3,(H,11,12);1-2H3. The Balaban J connectivity index is 0.000000461. The molecule has 0 unspecified atom stereocenters. The molecule has 0 aliphatic rings. The van der Waals surface area contributed by atoms with Crippen molar-refractivity contribution in [1.82, 2.24) is 10.2 Å². The Morgan fingerprint density at radius 1 is 1.29 bits per heavy atom. The van der Waals surface area contributed by atoms with E-state index >= 15 is 0 Å². The van der Waals surface area contributed by atoms with Gasteiger partial charge in [0, 0.05) is 5.39 Å². The summed E-state index contributed by atoms with van der Waals surface area (Å²) in [6.07, 6.45) is 1.65. The average molecular weight is 190 g/mol. The van der Waals surface area contributed by atoms with Crippen LogP contribution >= 0.6 is 0 Å². The number of nitrogens with zero attached hydrogens (tertiary/aromatic N) is 1. The number of rotatable bonds is 0. The van der Waals surface area contributed by atoms with Crippen LogP contribution in [0.5, 0.6) is 0 Å². The molecule has 0 aliphatic heterocycles. The Kier molecular flexibility index (Phi) is 3.40. The maximum atomic E-state index is 11.2. The van der Waals surface area contributed by atoms with E-state index in [4.69, 9.17) is 0 Å². The largest absolute Gasteiger partial charge is 0.272 e. The second-order valence-corrected chi connectivity index (χ2v) is 2.79. The molecule has 0 aliphatic carbocycles. The van der Waals surface area contributed by atoms with Crippen molar-refractivity contribution in [1.29, 1.82) is 0 Å². The van der Waals surface area contributed by atoms with Gasteiger partial charge < -0.3 is 0 Å². The van der Waals surface area contributed by atoms with E-state index in [0.717, 1.165) is 10.9 Å². The van der Waals surface area contributed by atoms with E-state index < -0.39 is 0 Å². The van der Waals surface area contributed by atoms with Gasteiger partial charge in [-0.2, -0.15) is 5.10 Å². The van der Waals surface area contributed by atoms with Crippen molar-refractivity contribution in [3.8, 4) is 0 Å². The van der Waals surface area contributed by atoms with Crippen molar-refractivity contribution < 1.29 is 0 Å². The van der Waals surface area contributed by atoms with E-state index in [0.29, 0.717) is 5.39 Å². The van der Waals surface area contributed by atoms with E-state index in [1.54, 1.807) is 6.20 Å². The fourth-order valence-electron chi connectivity index (χ4n) is 1.20. The molecule has 74 valence electrons. The van der Waals surface area contributed by atoms with Gasteiger partial charge in [-0.1, -0.05) is 31.5 Å². The highest BCUT2D eigenvalue weighted by Crippen LogP contribution is 2.08. The summed E-state index contributed by atoms with van der Waals surface area (Å²) in [5, 5.41) is 7.68. The van der Waals surface area contributed by atoms with E-state index in [1.165, 1.54) is 0 Å². The molecule has 1 N–H and O–H groups in total. The van der Waals surface area contributed by atoms with Gasteiger partial charge in [-0.25, -0.2) is 5.10 Å². The Hall–Kier alpha value is -1.64. The number of aryl methyl sites for hydroxylation is 1. The van der Waals surface area contributed by atoms with E-state index in [9.17, 15) is 4.79 Å². The van der Waals surface area contributed by atoms with Gasteiger partial charge in [0.25, 0.3) is 5.56 Å². The number of hydrogen-bond acceptors (Lipinski definition) is 2. The van der Waals surface area contributed by atoms with Crippen LogP contribution in [-0.2, 0) is 0 Å². The predicted octanol–water partition coefficient (Wildman–Crippen LogP) is 2.26. The van der Waals surface area contributed by atoms with Crippen molar-refractivity contribution in [3.05, 3.63) is 40.3 Å². The fraction of sp³-hybridized carbons (Fsp3) is 0.273. The van der Waals surface area contributed by atoms with Crippen molar-refractivity contribution >= 4 is 10.8 Å². The number of H-pyrrole nitrogens is 1. The summed E-state index contributed by atoms with van der Waals surface area (Å²) in [6.45, 7) is 5.96. The summed E-state index contributed by atoms with van der Waals surface area (Å²) in [6, 6.07) is 5.71. The number of fused-ring (bicyclic) bond motifs is 1. The quantitative estimate of drug-likeness (QED) is 0.692. The molecule has 14 heavy (non-hydrogen) atoms. The number of benzene rings is 1. The summed E-state index contributed by atoms with van der Waals surface area (Å²) in [4.78, 5) is 11.2. The Labute approximate surface area is 82.8 Å². The highest BCUT2D eigenvalue weighted by atomic mass is 16.1. The molecule has 1 heterocycles. The van der Waals surface area contributed by atoms with Gasteiger partial charge in [0.05, 0.1) is 11.6 Å². The smallest absolute Gasteiger partial charge is 0.267 e. The van der Waals surface area contributed by atoms with Crippen LogP contribution in [0.2, 0.25) is 0 Å². The molecule has 1 aromatic carbocycles. The lowest BCUT2D eigenvalue weighted by molar-refractivity contribution is 1.01. The van der Waals surface area contributed by atoms with Gasteiger partial charge in [-0.15, -0.1) is 0 Å². The minimum Gasteiger partial charge on any atom is -0.267 e. The second-order valence-electron chi connectivity index (χ2n) is 2.79. The van der Waals surface area contributed by atoms with Crippen LogP contribution in [0, 0.1) is 6.92 Å². The molecule has 0 spiro atoms. The van der Waals surface area contributed by atoms with E-state index in [1.807, 2.05) is 39.0 Å². The molecular formula is C11H14N2O. The molecular weight excluding hydrogens is 176 g/mol. The first-order chi connectivity index (χ1) is 6.77. The molecule has 0 amide bonds. The minimum absolute atomic E-state index is 0.129. The van der Waals surface area contributed by atoms with Crippen LogP contribution in [0.4, 0.5) is 0 Å². The second kappa shape index (κ2) is 4.56. The summed E-state index contributed by atoms with van der Waals surface area (Å²) in [5.74, 6) is 0. The molecule has 0 radical (unpaired) electrons. The van der Waals surface area contributed by atoms with Crippen molar-refractivity contribution in [2.45, 2.75) is 20.8 Å². The molecule has 2 aromatic rings. The number of nitrogens with one attached hydrogen (secondary N) is 1. The third-order valence-electron chi connectivity index (χ3n) is 1.82. The van der Waals surface area contributed by atoms with Crippen molar-refractivity contribution in [2.75, 3.05) is 0 Å². The molecule has 0 fully saturated rings. The van der Waals surface area contributed by atoms with Gasteiger partial charge in [0.1, 0.15) is 0 Å². The monoisotopic (exact) mass is 190 g/mol. The van der Waals surface area contributed by atoms with Gasteiger partial charge in [-0.3, -0.25) is 4.79 Å². The predicted molar refractivity (Wildman–Crippen MR) is 58.4 cm³/mol. The minimum atomic E-state index is -0.129. The fourth-order valence-corrected chi connectivity index (χ4v) is 1.20. The van der Waals surface area contributed by atoms with Crippen LogP contribution in [0.25, 0.3) is 10.8 Å². The van der Waals surface area contributed by atoms with Crippen LogP contribution in [0.1, 0.15) is 19.4 Å². The van der Waals surface area contributed by atoms with Gasteiger partial charge in [-0.05, 0) is 13.0 Å². The molecule has 1 aromatic heterocycles. The summed E-state index contributed by atoms with van der Waals surface area (Å²) < 4.78 is 0. The Morgan fingerprint density at radius 2 is 2.00 bits per heavy atom. The summed E-state index contributed by atoms with van der Waals surface area (Å²) >= 11 is 0. The maximum absolute atomic E-state index is 11.2. The number of hydrogen-bond donors (Lipinski definition) is 1. The zero-order chi connectivity index (χ0) is 10.6. The van der Waals surface area contributed by atoms with Gasteiger partial charge in [0.15, 0.2) is 0 Å². The molecule has 3 heteroatoms. The molecule has 0 atom stereocenters. The SMILES string of the molecule is CC.Cc1ccc2cn[nH]c(=O)c2c1.